The van der Waals surface area contributed by atoms with Gasteiger partial charge in [-0.3, -0.25) is 0 Å². The van der Waals surface area contributed by atoms with E-state index in [0.29, 0.717) is 18.2 Å². The molecule has 0 atom stereocenters. The average molecular weight is 366 g/mol. The minimum absolute atomic E-state index is 0.577. The van der Waals surface area contributed by atoms with Gasteiger partial charge in [-0.1, -0.05) is 85.0 Å². The van der Waals surface area contributed by atoms with Gasteiger partial charge in [0.25, 0.3) is 0 Å². The van der Waals surface area contributed by atoms with Crippen LogP contribution >= 0.6 is 0 Å². The Morgan fingerprint density at radius 3 is 1.68 bits per heavy atom. The fourth-order valence-electron chi connectivity index (χ4n) is 3.46. The number of nitrogens with zero attached hydrogens (tertiary/aromatic N) is 2. The van der Waals surface area contributed by atoms with Gasteiger partial charge in [0.2, 0.25) is 11.8 Å². The van der Waals surface area contributed by atoms with Crippen molar-refractivity contribution in [2.24, 2.45) is 0 Å². The molecule has 2 heterocycles. The molecular formula is C24H18N2O2. The Bertz CT molecular complexity index is 1060. The van der Waals surface area contributed by atoms with Crippen molar-refractivity contribution >= 4 is 0 Å². The topological polar surface area (TPSA) is 52.1 Å². The number of benzene rings is 2. The Labute approximate surface area is 162 Å². The van der Waals surface area contributed by atoms with E-state index in [4.69, 9.17) is 8.83 Å². The van der Waals surface area contributed by atoms with E-state index in [1.807, 2.05) is 78.9 Å². The minimum atomic E-state index is -0.658. The van der Waals surface area contributed by atoms with E-state index >= 15 is 0 Å². The summed E-state index contributed by atoms with van der Waals surface area (Å²) in [4.78, 5) is 9.19. The maximum absolute atomic E-state index is 6.19. The fraction of sp³-hybridized carbons (Fsp3) is 0.0833. The molecule has 0 aliphatic heterocycles. The van der Waals surface area contributed by atoms with Crippen LogP contribution in [0.2, 0.25) is 0 Å². The highest BCUT2D eigenvalue weighted by atomic mass is 16.4. The van der Waals surface area contributed by atoms with Gasteiger partial charge in [0.15, 0.2) is 11.5 Å². The lowest BCUT2D eigenvalue weighted by atomic mass is 9.81. The predicted octanol–water partition coefficient (Wildman–Crippen LogP) is 5.80. The summed E-state index contributed by atoms with van der Waals surface area (Å²) in [7, 11) is 0. The van der Waals surface area contributed by atoms with E-state index in [9.17, 15) is 0 Å². The van der Waals surface area contributed by atoms with Gasteiger partial charge in [-0.25, -0.2) is 9.97 Å². The van der Waals surface area contributed by atoms with Crippen LogP contribution in [0.4, 0.5) is 0 Å². The van der Waals surface area contributed by atoms with Gasteiger partial charge in [-0.2, -0.15) is 0 Å². The number of rotatable bonds is 4. The third-order valence-corrected chi connectivity index (χ3v) is 4.96. The first kappa shape index (κ1) is 16.5. The van der Waals surface area contributed by atoms with Crippen LogP contribution < -0.4 is 0 Å². The van der Waals surface area contributed by atoms with Gasteiger partial charge in [0.05, 0.1) is 12.4 Å². The highest BCUT2D eigenvalue weighted by molar-refractivity contribution is 5.57. The van der Waals surface area contributed by atoms with Crippen LogP contribution in [0.1, 0.15) is 18.2 Å². The summed E-state index contributed by atoms with van der Waals surface area (Å²) >= 11 is 0. The SMILES string of the molecule is C1=CCC(c2ncc(-c3ccccc3)o2)(c2ncc(-c3ccccc3)o2)C=C1. The molecule has 0 spiro atoms. The molecule has 2 aromatic carbocycles. The summed E-state index contributed by atoms with van der Waals surface area (Å²) in [6.45, 7) is 0. The highest BCUT2D eigenvalue weighted by Crippen LogP contribution is 2.40. The smallest absolute Gasteiger partial charge is 0.214 e. The van der Waals surface area contributed by atoms with Crippen molar-refractivity contribution in [1.29, 1.82) is 0 Å². The molecule has 0 fully saturated rings. The molecule has 4 nitrogen and oxygen atoms in total. The molecule has 0 radical (unpaired) electrons. The minimum Gasteiger partial charge on any atom is -0.439 e. The first-order valence-corrected chi connectivity index (χ1v) is 9.23. The van der Waals surface area contributed by atoms with Crippen LogP contribution in [0.25, 0.3) is 22.6 Å². The number of hydrogen-bond acceptors (Lipinski definition) is 4. The first-order valence-electron chi connectivity index (χ1n) is 9.23. The summed E-state index contributed by atoms with van der Waals surface area (Å²) in [6, 6.07) is 19.9. The zero-order chi connectivity index (χ0) is 18.8. The van der Waals surface area contributed by atoms with Crippen molar-refractivity contribution < 1.29 is 8.83 Å². The molecule has 136 valence electrons. The van der Waals surface area contributed by atoms with Crippen LogP contribution in [-0.2, 0) is 5.41 Å². The molecular weight excluding hydrogens is 348 g/mol. The molecule has 2 aromatic heterocycles. The molecule has 0 amide bonds. The van der Waals surface area contributed by atoms with Gasteiger partial charge in [0.1, 0.15) is 5.41 Å². The average Bonchev–Trinajstić information content (AvgIpc) is 3.46. The maximum Gasteiger partial charge on any atom is 0.214 e. The number of allylic oxidation sites excluding steroid dienone is 4. The van der Waals surface area contributed by atoms with E-state index < -0.39 is 5.41 Å². The normalized spacial score (nSPS) is 15.0. The van der Waals surface area contributed by atoms with Crippen LogP contribution in [-0.4, -0.2) is 9.97 Å². The summed E-state index contributed by atoms with van der Waals surface area (Å²) in [5.74, 6) is 2.61. The van der Waals surface area contributed by atoms with Gasteiger partial charge < -0.3 is 8.83 Å². The molecule has 0 saturated heterocycles. The lowest BCUT2D eigenvalue weighted by Crippen LogP contribution is -2.26. The third-order valence-electron chi connectivity index (χ3n) is 4.96. The van der Waals surface area contributed by atoms with Crippen LogP contribution in [0.5, 0.6) is 0 Å². The lowest BCUT2D eigenvalue weighted by molar-refractivity contribution is 0.356. The molecule has 0 bridgehead atoms. The maximum atomic E-state index is 6.19. The van der Waals surface area contributed by atoms with Gasteiger partial charge >= 0.3 is 0 Å². The Morgan fingerprint density at radius 2 is 1.21 bits per heavy atom. The van der Waals surface area contributed by atoms with E-state index in [0.717, 1.165) is 22.6 Å². The van der Waals surface area contributed by atoms with Crippen molar-refractivity contribution in [2.45, 2.75) is 11.8 Å². The van der Waals surface area contributed by atoms with Gasteiger partial charge in [-0.05, 0) is 6.42 Å². The molecule has 4 heteroatoms. The van der Waals surface area contributed by atoms with Crippen molar-refractivity contribution in [3.8, 4) is 22.6 Å². The Balaban J connectivity index is 1.58. The van der Waals surface area contributed by atoms with Gasteiger partial charge in [0, 0.05) is 11.1 Å². The monoisotopic (exact) mass is 366 g/mol. The quantitative estimate of drug-likeness (QED) is 0.458. The van der Waals surface area contributed by atoms with Crippen molar-refractivity contribution in [3.05, 3.63) is 109 Å². The van der Waals surface area contributed by atoms with E-state index in [-0.39, 0.29) is 0 Å². The van der Waals surface area contributed by atoms with Gasteiger partial charge in [-0.15, -0.1) is 0 Å². The number of hydrogen-bond donors (Lipinski definition) is 0. The second kappa shape index (κ2) is 6.82. The first-order chi connectivity index (χ1) is 13.9. The second-order valence-corrected chi connectivity index (χ2v) is 6.75. The molecule has 0 unspecified atom stereocenters. The number of aromatic nitrogens is 2. The van der Waals surface area contributed by atoms with Crippen molar-refractivity contribution in [1.82, 2.24) is 9.97 Å². The lowest BCUT2D eigenvalue weighted by Gasteiger charge is -2.24. The summed E-state index contributed by atoms with van der Waals surface area (Å²) < 4.78 is 12.4. The van der Waals surface area contributed by atoms with E-state index in [2.05, 4.69) is 16.0 Å². The predicted molar refractivity (Wildman–Crippen MR) is 108 cm³/mol. The molecule has 1 aliphatic carbocycles. The largest absolute Gasteiger partial charge is 0.439 e. The van der Waals surface area contributed by atoms with Crippen molar-refractivity contribution in [2.75, 3.05) is 0 Å². The Kier molecular flexibility index (Phi) is 4.02. The number of oxazole rings is 2. The molecule has 0 saturated carbocycles. The highest BCUT2D eigenvalue weighted by Gasteiger charge is 2.41. The van der Waals surface area contributed by atoms with Crippen LogP contribution in [0, 0.1) is 0 Å². The second-order valence-electron chi connectivity index (χ2n) is 6.75. The zero-order valence-electron chi connectivity index (χ0n) is 15.2. The Hall–Kier alpha value is -3.66. The fourth-order valence-corrected chi connectivity index (χ4v) is 3.46. The molecule has 28 heavy (non-hydrogen) atoms. The van der Waals surface area contributed by atoms with Crippen molar-refractivity contribution in [3.63, 3.8) is 0 Å². The zero-order valence-corrected chi connectivity index (χ0v) is 15.2. The summed E-state index contributed by atoms with van der Waals surface area (Å²) in [6.07, 6.45) is 12.3. The van der Waals surface area contributed by atoms with E-state index in [1.165, 1.54) is 0 Å². The molecule has 4 aromatic rings. The summed E-state index contributed by atoms with van der Waals surface area (Å²) in [5.41, 5.74) is 1.32. The molecule has 1 aliphatic rings. The van der Waals surface area contributed by atoms with Crippen LogP contribution in [0.3, 0.4) is 0 Å². The van der Waals surface area contributed by atoms with Crippen LogP contribution in [0.15, 0.2) is 106 Å². The third kappa shape index (κ3) is 2.79. The summed E-state index contributed by atoms with van der Waals surface area (Å²) in [5, 5.41) is 0. The standard InChI is InChI=1S/C24H18N2O2/c1-4-10-18(11-5-1)20-16-25-22(27-20)24(14-8-3-9-15-24)23-26-17-21(28-23)19-12-6-2-7-13-19/h1-14,16-17H,15H2. The Morgan fingerprint density at radius 1 is 0.679 bits per heavy atom. The van der Waals surface area contributed by atoms with E-state index in [1.54, 1.807) is 12.4 Å². The molecule has 5 rings (SSSR count). The molecule has 0 N–H and O–H groups in total.